The molecule has 4 atom stereocenters. The number of rotatable bonds is 3. The van der Waals surface area contributed by atoms with Crippen LogP contribution in [0.4, 0.5) is 13.2 Å². The third-order valence-corrected chi connectivity index (χ3v) is 4.47. The number of hydrogen-bond donors (Lipinski definition) is 1. The number of aliphatic hydroxyl groups excluding tert-OH is 1. The second kappa shape index (κ2) is 4.43. The fourth-order valence-corrected chi connectivity index (χ4v) is 3.46. The minimum Gasteiger partial charge on any atom is -0.394 e. The smallest absolute Gasteiger partial charge is 0.394 e. The van der Waals surface area contributed by atoms with Gasteiger partial charge in [0.05, 0.1) is 13.2 Å². The van der Waals surface area contributed by atoms with Gasteiger partial charge in [-0.25, -0.2) is 0 Å². The summed E-state index contributed by atoms with van der Waals surface area (Å²) >= 11 is 0. The number of halogens is 3. The van der Waals surface area contributed by atoms with Crippen LogP contribution in [0.3, 0.4) is 0 Å². The summed E-state index contributed by atoms with van der Waals surface area (Å²) in [5.41, 5.74) is -2.59. The van der Waals surface area contributed by atoms with Crippen molar-refractivity contribution in [2.24, 2.45) is 5.41 Å². The van der Waals surface area contributed by atoms with Gasteiger partial charge in [-0.05, 0) is 12.8 Å². The Bertz CT molecular complexity index is 387. The van der Waals surface area contributed by atoms with Crippen LogP contribution < -0.4 is 0 Å². The lowest BCUT2D eigenvalue weighted by atomic mass is 9.61. The number of ether oxygens (including phenoxy) is 1. The van der Waals surface area contributed by atoms with Gasteiger partial charge in [-0.1, -0.05) is 6.92 Å². The van der Waals surface area contributed by atoms with Gasteiger partial charge in [-0.2, -0.15) is 13.2 Å². The second-order valence-corrected chi connectivity index (χ2v) is 5.72. The molecule has 3 saturated heterocycles. The van der Waals surface area contributed by atoms with Crippen LogP contribution in [-0.2, 0) is 9.53 Å². The number of piperidine rings is 3. The summed E-state index contributed by atoms with van der Waals surface area (Å²) in [7, 11) is 1.32. The van der Waals surface area contributed by atoms with Crippen LogP contribution in [0, 0.1) is 5.41 Å². The molecule has 0 saturated carbocycles. The lowest BCUT2D eigenvalue weighted by molar-refractivity contribution is -0.244. The van der Waals surface area contributed by atoms with Gasteiger partial charge in [-0.3, -0.25) is 9.69 Å². The fourth-order valence-electron chi connectivity index (χ4n) is 3.46. The van der Waals surface area contributed by atoms with E-state index in [1.165, 1.54) is 7.11 Å². The van der Waals surface area contributed by atoms with E-state index in [1.54, 1.807) is 6.92 Å². The maximum absolute atomic E-state index is 13.1. The van der Waals surface area contributed by atoms with E-state index in [2.05, 4.69) is 0 Å². The zero-order valence-corrected chi connectivity index (χ0v) is 11.0. The summed E-state index contributed by atoms with van der Waals surface area (Å²) in [5.74, 6) is -0.337. The van der Waals surface area contributed by atoms with Crippen molar-refractivity contribution >= 4 is 5.78 Å². The summed E-state index contributed by atoms with van der Waals surface area (Å²) in [6.45, 7) is 0.841. The molecule has 1 unspecified atom stereocenters. The van der Waals surface area contributed by atoms with E-state index in [0.717, 1.165) is 4.90 Å². The molecule has 3 aliphatic heterocycles. The first-order valence-electron chi connectivity index (χ1n) is 6.19. The van der Waals surface area contributed by atoms with E-state index in [0.29, 0.717) is 6.42 Å². The van der Waals surface area contributed by atoms with Gasteiger partial charge in [0, 0.05) is 19.1 Å². The second-order valence-electron chi connectivity index (χ2n) is 5.72. The molecule has 7 heteroatoms. The minimum absolute atomic E-state index is 0.149. The molecule has 0 aliphatic carbocycles. The summed E-state index contributed by atoms with van der Waals surface area (Å²) < 4.78 is 44.3. The van der Waals surface area contributed by atoms with Gasteiger partial charge in [0.1, 0.15) is 11.6 Å². The Morgan fingerprint density at radius 1 is 1.53 bits per heavy atom. The van der Waals surface area contributed by atoms with Crippen molar-refractivity contribution in [2.75, 3.05) is 26.9 Å². The van der Waals surface area contributed by atoms with Crippen molar-refractivity contribution in [3.05, 3.63) is 0 Å². The monoisotopic (exact) mass is 281 g/mol. The van der Waals surface area contributed by atoms with Gasteiger partial charge < -0.3 is 9.84 Å². The molecule has 3 heterocycles. The first kappa shape index (κ1) is 14.7. The largest absolute Gasteiger partial charge is 0.404 e. The normalized spacial score (nSPS) is 42.7. The molecule has 4 nitrogen and oxygen atoms in total. The summed E-state index contributed by atoms with van der Waals surface area (Å²) in [6.07, 6.45) is -4.25. The number of alkyl halides is 3. The molecular formula is C12H18F3NO3. The van der Waals surface area contributed by atoms with Gasteiger partial charge in [0.2, 0.25) is 0 Å². The number of carbonyl (C=O) groups is 1. The van der Waals surface area contributed by atoms with Crippen LogP contribution in [0.5, 0.6) is 0 Å². The van der Waals surface area contributed by atoms with Crippen LogP contribution >= 0.6 is 0 Å². The number of ketones is 1. The van der Waals surface area contributed by atoms with E-state index < -0.39 is 29.8 Å². The van der Waals surface area contributed by atoms with Crippen molar-refractivity contribution < 1.29 is 27.8 Å². The van der Waals surface area contributed by atoms with Crippen LogP contribution in [0.1, 0.15) is 19.8 Å². The third kappa shape index (κ3) is 1.98. The number of carbonyl (C=O) groups excluding carboxylic acids is 1. The molecule has 0 aromatic carbocycles. The lowest BCUT2D eigenvalue weighted by Crippen LogP contribution is -2.76. The highest BCUT2D eigenvalue weighted by atomic mass is 19.4. The lowest BCUT2D eigenvalue weighted by Gasteiger charge is -2.59. The van der Waals surface area contributed by atoms with Crippen molar-refractivity contribution in [1.82, 2.24) is 4.90 Å². The molecule has 110 valence electrons. The number of methoxy groups -OCH3 is 1. The van der Waals surface area contributed by atoms with Crippen LogP contribution in [-0.4, -0.2) is 60.4 Å². The average molecular weight is 281 g/mol. The van der Waals surface area contributed by atoms with Gasteiger partial charge in [-0.15, -0.1) is 0 Å². The molecule has 2 bridgehead atoms. The molecule has 3 rings (SSSR count). The minimum atomic E-state index is -4.41. The molecule has 1 N–H and O–H groups in total. The first-order chi connectivity index (χ1) is 8.71. The zero-order valence-electron chi connectivity index (χ0n) is 11.0. The highest BCUT2D eigenvalue weighted by Gasteiger charge is 2.66. The number of nitrogens with zero attached hydrogens (tertiary/aromatic N) is 1. The Morgan fingerprint density at radius 3 is 2.63 bits per heavy atom. The summed E-state index contributed by atoms with van der Waals surface area (Å²) in [5, 5.41) is 9.55. The molecule has 3 aliphatic rings. The van der Waals surface area contributed by atoms with E-state index >= 15 is 0 Å². The Balaban J connectivity index is 2.47. The molecule has 0 aromatic heterocycles. The first-order valence-corrected chi connectivity index (χ1v) is 6.19. The van der Waals surface area contributed by atoms with Crippen LogP contribution in [0.15, 0.2) is 0 Å². The highest BCUT2D eigenvalue weighted by molar-refractivity contribution is 5.95. The molecule has 3 fully saturated rings. The standard InChI is InChI=1S/C12H18F3NO3/c1-10-3-4-16(8(5-10)12(13,14)15)11(6-17,7-19-2)9(10)18/h8,17H,3-7H2,1-2H3/t8-,10+,11+/m0/s1. The van der Waals surface area contributed by atoms with Crippen molar-refractivity contribution in [1.29, 1.82) is 0 Å². The molecule has 0 aromatic rings. The van der Waals surface area contributed by atoms with Gasteiger partial charge >= 0.3 is 6.18 Å². The Hall–Kier alpha value is -0.660. The highest BCUT2D eigenvalue weighted by Crippen LogP contribution is 2.51. The SMILES string of the molecule is COC[C@]1(CO)C(=O)[C@]2(C)CCN1[C@H](C(F)(F)F)C2. The maximum atomic E-state index is 13.1. The molecule has 19 heavy (non-hydrogen) atoms. The van der Waals surface area contributed by atoms with E-state index in [1.807, 2.05) is 0 Å². The molecular weight excluding hydrogens is 263 g/mol. The zero-order chi connectivity index (χ0) is 14.5. The predicted molar refractivity (Wildman–Crippen MR) is 60.6 cm³/mol. The summed E-state index contributed by atoms with van der Waals surface area (Å²) in [6, 6.07) is -1.69. The van der Waals surface area contributed by atoms with Gasteiger partial charge in [0.15, 0.2) is 5.78 Å². The average Bonchev–Trinajstić information content (AvgIpc) is 2.33. The van der Waals surface area contributed by atoms with E-state index in [-0.39, 0.29) is 25.4 Å². The number of aliphatic hydroxyl groups is 1. The van der Waals surface area contributed by atoms with Crippen molar-refractivity contribution in [3.8, 4) is 0 Å². The van der Waals surface area contributed by atoms with E-state index in [4.69, 9.17) is 4.74 Å². The molecule has 0 radical (unpaired) electrons. The quantitative estimate of drug-likeness (QED) is 0.838. The number of fused-ring (bicyclic) bond motifs is 3. The Kier molecular flexibility index (Phi) is 3.43. The van der Waals surface area contributed by atoms with Crippen molar-refractivity contribution in [3.63, 3.8) is 0 Å². The Labute approximate surface area is 109 Å². The molecule has 0 amide bonds. The van der Waals surface area contributed by atoms with E-state index in [9.17, 15) is 23.1 Å². The topological polar surface area (TPSA) is 49.8 Å². The summed E-state index contributed by atoms with van der Waals surface area (Å²) in [4.78, 5) is 13.6. The predicted octanol–water partition coefficient (Wildman–Crippen LogP) is 0.980. The third-order valence-electron chi connectivity index (χ3n) is 4.47. The number of hydrogen-bond acceptors (Lipinski definition) is 4. The fraction of sp³-hybridized carbons (Fsp3) is 0.917. The maximum Gasteiger partial charge on any atom is 0.404 e. The Morgan fingerprint density at radius 2 is 2.16 bits per heavy atom. The van der Waals surface area contributed by atoms with Crippen molar-refractivity contribution in [2.45, 2.75) is 37.5 Å². The van der Waals surface area contributed by atoms with Crippen LogP contribution in [0.25, 0.3) is 0 Å². The van der Waals surface area contributed by atoms with Crippen LogP contribution in [0.2, 0.25) is 0 Å². The number of Topliss-reactive ketones (excluding diaryl/α,β-unsaturated/α-hetero) is 1. The molecule has 0 spiro atoms. The van der Waals surface area contributed by atoms with Gasteiger partial charge in [0.25, 0.3) is 0 Å².